The molecule has 0 saturated carbocycles. The third kappa shape index (κ3) is 5.02. The minimum atomic E-state index is -0.592. The summed E-state index contributed by atoms with van der Waals surface area (Å²) >= 11 is 0. The van der Waals surface area contributed by atoms with Gasteiger partial charge in [-0.15, -0.1) is 0 Å². The lowest BCUT2D eigenvalue weighted by atomic mass is 9.92. The predicted octanol–water partition coefficient (Wildman–Crippen LogP) is 2.61. The molecule has 0 spiro atoms. The van der Waals surface area contributed by atoms with E-state index >= 15 is 0 Å². The zero-order valence-electron chi connectivity index (χ0n) is 8.26. The predicted molar refractivity (Wildman–Crippen MR) is 49.4 cm³/mol. The van der Waals surface area contributed by atoms with Crippen molar-refractivity contribution >= 4 is 0 Å². The molecule has 0 aromatic rings. The molecule has 0 amide bonds. The molecule has 1 heteroatoms. The summed E-state index contributed by atoms with van der Waals surface area (Å²) in [6.45, 7) is 9.96. The first-order valence-electron chi connectivity index (χ1n) is 4.24. The zero-order chi connectivity index (χ0) is 9.07. The monoisotopic (exact) mass is 156 g/mol. The van der Waals surface area contributed by atoms with E-state index in [2.05, 4.69) is 26.0 Å². The second-order valence-corrected chi connectivity index (χ2v) is 4.07. The molecule has 0 bridgehead atoms. The standard InChI is InChI=1S/C10H20O/c1-8(2)6-7-9(3)10(4,5)11/h6-9,11H,1-5H3. The van der Waals surface area contributed by atoms with Gasteiger partial charge in [-0.25, -0.2) is 0 Å². The third-order valence-corrected chi connectivity index (χ3v) is 1.90. The summed E-state index contributed by atoms with van der Waals surface area (Å²) in [6.07, 6.45) is 4.20. The van der Waals surface area contributed by atoms with Crippen LogP contribution in [-0.2, 0) is 0 Å². The van der Waals surface area contributed by atoms with Gasteiger partial charge < -0.3 is 5.11 Å². The van der Waals surface area contributed by atoms with Gasteiger partial charge in [-0.2, -0.15) is 0 Å². The van der Waals surface area contributed by atoms with Gasteiger partial charge in [0, 0.05) is 5.92 Å². The summed E-state index contributed by atoms with van der Waals surface area (Å²) in [5, 5.41) is 9.55. The maximum atomic E-state index is 9.55. The molecular weight excluding hydrogens is 136 g/mol. The Kier molecular flexibility index (Phi) is 3.81. The van der Waals surface area contributed by atoms with Crippen molar-refractivity contribution in [2.24, 2.45) is 11.8 Å². The Balaban J connectivity index is 3.97. The van der Waals surface area contributed by atoms with Gasteiger partial charge in [0.05, 0.1) is 5.60 Å². The van der Waals surface area contributed by atoms with Crippen molar-refractivity contribution in [2.75, 3.05) is 0 Å². The Morgan fingerprint density at radius 3 is 1.82 bits per heavy atom. The largest absolute Gasteiger partial charge is 0.390 e. The fourth-order valence-electron chi connectivity index (χ4n) is 0.624. The average Bonchev–Trinajstić information content (AvgIpc) is 1.80. The van der Waals surface area contributed by atoms with Crippen molar-refractivity contribution < 1.29 is 5.11 Å². The maximum Gasteiger partial charge on any atom is 0.0651 e. The molecule has 1 unspecified atom stereocenters. The Hall–Kier alpha value is -0.300. The van der Waals surface area contributed by atoms with Crippen molar-refractivity contribution in [1.82, 2.24) is 0 Å². The number of hydrogen-bond donors (Lipinski definition) is 1. The highest BCUT2D eigenvalue weighted by molar-refractivity contribution is 4.94. The van der Waals surface area contributed by atoms with Gasteiger partial charge in [0.1, 0.15) is 0 Å². The molecule has 0 aromatic carbocycles. The van der Waals surface area contributed by atoms with Crippen LogP contribution in [0.1, 0.15) is 34.6 Å². The lowest BCUT2D eigenvalue weighted by Gasteiger charge is -2.22. The van der Waals surface area contributed by atoms with Crippen LogP contribution in [0.2, 0.25) is 0 Å². The molecule has 66 valence electrons. The van der Waals surface area contributed by atoms with Gasteiger partial charge >= 0.3 is 0 Å². The molecule has 11 heavy (non-hydrogen) atoms. The molecule has 1 atom stereocenters. The first-order valence-corrected chi connectivity index (χ1v) is 4.24. The van der Waals surface area contributed by atoms with Crippen LogP contribution in [0, 0.1) is 11.8 Å². The summed E-state index contributed by atoms with van der Waals surface area (Å²) in [4.78, 5) is 0. The Labute approximate surface area is 70.1 Å². The van der Waals surface area contributed by atoms with E-state index in [1.807, 2.05) is 20.8 Å². The molecule has 1 N–H and O–H groups in total. The fraction of sp³-hybridized carbons (Fsp3) is 0.800. The van der Waals surface area contributed by atoms with Gasteiger partial charge in [-0.05, 0) is 19.8 Å². The fourth-order valence-corrected chi connectivity index (χ4v) is 0.624. The molecule has 0 fully saturated rings. The summed E-state index contributed by atoms with van der Waals surface area (Å²) in [5.74, 6) is 0.796. The topological polar surface area (TPSA) is 20.2 Å². The van der Waals surface area contributed by atoms with Crippen molar-refractivity contribution in [3.63, 3.8) is 0 Å². The highest BCUT2D eigenvalue weighted by Crippen LogP contribution is 2.17. The quantitative estimate of drug-likeness (QED) is 0.623. The zero-order valence-corrected chi connectivity index (χ0v) is 8.26. The van der Waals surface area contributed by atoms with Crippen molar-refractivity contribution in [3.8, 4) is 0 Å². The first-order chi connectivity index (χ1) is 4.84. The van der Waals surface area contributed by atoms with E-state index in [9.17, 15) is 5.11 Å². The van der Waals surface area contributed by atoms with E-state index in [-0.39, 0.29) is 5.92 Å². The maximum absolute atomic E-state index is 9.55. The molecule has 0 aromatic heterocycles. The Morgan fingerprint density at radius 2 is 1.55 bits per heavy atom. The number of aliphatic hydroxyl groups is 1. The molecule has 0 aliphatic carbocycles. The van der Waals surface area contributed by atoms with Crippen LogP contribution in [0.5, 0.6) is 0 Å². The van der Waals surface area contributed by atoms with Crippen LogP contribution in [0.3, 0.4) is 0 Å². The summed E-state index contributed by atoms with van der Waals surface area (Å²) in [5.41, 5.74) is -0.592. The second-order valence-electron chi connectivity index (χ2n) is 4.07. The molecule has 0 aliphatic heterocycles. The lowest BCUT2D eigenvalue weighted by Crippen LogP contribution is -2.26. The number of allylic oxidation sites excluding steroid dienone is 1. The van der Waals surface area contributed by atoms with Gasteiger partial charge in [0.15, 0.2) is 0 Å². The van der Waals surface area contributed by atoms with Crippen LogP contribution < -0.4 is 0 Å². The highest BCUT2D eigenvalue weighted by atomic mass is 16.3. The summed E-state index contributed by atoms with van der Waals surface area (Å²) in [6, 6.07) is 0. The Morgan fingerprint density at radius 1 is 1.09 bits per heavy atom. The molecule has 0 heterocycles. The molecule has 0 rings (SSSR count). The average molecular weight is 156 g/mol. The molecule has 0 saturated heterocycles. The molecule has 0 radical (unpaired) electrons. The van der Waals surface area contributed by atoms with Crippen LogP contribution in [0.15, 0.2) is 12.2 Å². The minimum Gasteiger partial charge on any atom is -0.390 e. The van der Waals surface area contributed by atoms with E-state index in [1.54, 1.807) is 0 Å². The van der Waals surface area contributed by atoms with E-state index < -0.39 is 5.60 Å². The van der Waals surface area contributed by atoms with Crippen molar-refractivity contribution in [3.05, 3.63) is 12.2 Å². The van der Waals surface area contributed by atoms with Gasteiger partial charge in [0.2, 0.25) is 0 Å². The van der Waals surface area contributed by atoms with E-state index in [4.69, 9.17) is 0 Å². The van der Waals surface area contributed by atoms with Crippen LogP contribution in [0.25, 0.3) is 0 Å². The van der Waals surface area contributed by atoms with Crippen molar-refractivity contribution in [1.29, 1.82) is 0 Å². The molecule has 1 nitrogen and oxygen atoms in total. The second kappa shape index (κ2) is 3.91. The number of hydrogen-bond acceptors (Lipinski definition) is 1. The van der Waals surface area contributed by atoms with Crippen molar-refractivity contribution in [2.45, 2.75) is 40.2 Å². The highest BCUT2D eigenvalue weighted by Gasteiger charge is 2.18. The Bertz CT molecular complexity index is 128. The van der Waals surface area contributed by atoms with Gasteiger partial charge in [0.25, 0.3) is 0 Å². The minimum absolute atomic E-state index is 0.227. The van der Waals surface area contributed by atoms with E-state index in [1.165, 1.54) is 0 Å². The van der Waals surface area contributed by atoms with Crippen LogP contribution in [-0.4, -0.2) is 10.7 Å². The van der Waals surface area contributed by atoms with E-state index in [0.717, 1.165) is 0 Å². The third-order valence-electron chi connectivity index (χ3n) is 1.90. The first kappa shape index (κ1) is 10.7. The number of rotatable bonds is 3. The van der Waals surface area contributed by atoms with Crippen LogP contribution in [0.4, 0.5) is 0 Å². The summed E-state index contributed by atoms with van der Waals surface area (Å²) < 4.78 is 0. The SMILES string of the molecule is CC(C)C=CC(C)C(C)(C)O. The lowest BCUT2D eigenvalue weighted by molar-refractivity contribution is 0.0439. The summed E-state index contributed by atoms with van der Waals surface area (Å²) in [7, 11) is 0. The normalized spacial score (nSPS) is 16.3. The smallest absolute Gasteiger partial charge is 0.0651 e. The molecule has 0 aliphatic rings. The van der Waals surface area contributed by atoms with Gasteiger partial charge in [-0.1, -0.05) is 32.9 Å². The van der Waals surface area contributed by atoms with Gasteiger partial charge in [-0.3, -0.25) is 0 Å². The van der Waals surface area contributed by atoms with Crippen LogP contribution >= 0.6 is 0 Å². The molecular formula is C10H20O. The van der Waals surface area contributed by atoms with E-state index in [0.29, 0.717) is 5.92 Å².